The van der Waals surface area contributed by atoms with Crippen LogP contribution in [0, 0.1) is 5.41 Å². The monoisotopic (exact) mass is 368 g/mol. The lowest BCUT2D eigenvalue weighted by Crippen LogP contribution is -2.50. The molecule has 0 N–H and O–H groups in total. The summed E-state index contributed by atoms with van der Waals surface area (Å²) in [5, 5.41) is 1.29. The Kier molecular flexibility index (Phi) is 4.07. The maximum atomic E-state index is 5.40. The van der Waals surface area contributed by atoms with Gasteiger partial charge in [0.05, 0.1) is 22.9 Å². The second kappa shape index (κ2) is 6.44. The van der Waals surface area contributed by atoms with Gasteiger partial charge in [-0.15, -0.1) is 11.3 Å². The molecule has 5 heterocycles. The number of rotatable bonds is 4. The van der Waals surface area contributed by atoms with E-state index >= 15 is 0 Å². The van der Waals surface area contributed by atoms with Crippen LogP contribution in [0.1, 0.15) is 30.7 Å². The molecule has 3 aromatic rings. The van der Waals surface area contributed by atoms with Crippen LogP contribution in [0.25, 0.3) is 16.2 Å². The van der Waals surface area contributed by atoms with Crippen molar-refractivity contribution < 1.29 is 4.74 Å². The second-order valence-electron chi connectivity index (χ2n) is 7.97. The summed E-state index contributed by atoms with van der Waals surface area (Å²) in [4.78, 5) is 12.1. The molecule has 0 saturated carbocycles. The molecule has 0 bridgehead atoms. The van der Waals surface area contributed by atoms with Gasteiger partial charge in [0.1, 0.15) is 5.82 Å². The summed E-state index contributed by atoms with van der Waals surface area (Å²) in [5.41, 5.74) is 1.42. The van der Waals surface area contributed by atoms with Crippen molar-refractivity contribution in [2.45, 2.75) is 25.7 Å². The lowest BCUT2D eigenvalue weighted by molar-refractivity contribution is -0.116. The molecular formula is C20H24N4OS. The molecule has 0 radical (unpaired) electrons. The first-order valence-corrected chi connectivity index (χ1v) is 10.2. The molecule has 0 aromatic carbocycles. The predicted octanol–water partition coefficient (Wildman–Crippen LogP) is 3.70. The molecule has 2 aliphatic heterocycles. The Morgan fingerprint density at radius 1 is 1.23 bits per heavy atom. The fourth-order valence-corrected chi connectivity index (χ4v) is 5.23. The molecule has 6 heteroatoms. The van der Waals surface area contributed by atoms with E-state index in [1.165, 1.54) is 42.2 Å². The lowest BCUT2D eigenvalue weighted by Gasteiger charge is -2.43. The molecule has 3 aromatic heterocycles. The van der Waals surface area contributed by atoms with E-state index < -0.39 is 0 Å². The van der Waals surface area contributed by atoms with Gasteiger partial charge in [0, 0.05) is 30.3 Å². The summed E-state index contributed by atoms with van der Waals surface area (Å²) >= 11 is 1.85. The fourth-order valence-electron chi connectivity index (χ4n) is 4.11. The average Bonchev–Trinajstić information content (AvgIpc) is 3.22. The van der Waals surface area contributed by atoms with Crippen molar-refractivity contribution in [1.29, 1.82) is 0 Å². The first-order chi connectivity index (χ1) is 12.7. The highest BCUT2D eigenvalue weighted by atomic mass is 32.1. The molecule has 5 rings (SSSR count). The van der Waals surface area contributed by atoms with Crippen LogP contribution in [0.3, 0.4) is 0 Å². The second-order valence-corrected chi connectivity index (χ2v) is 9.03. The van der Waals surface area contributed by atoms with Crippen LogP contribution >= 0.6 is 11.3 Å². The van der Waals surface area contributed by atoms with E-state index in [2.05, 4.69) is 33.6 Å². The predicted molar refractivity (Wildman–Crippen MR) is 104 cm³/mol. The standard InChI is InChI=1S/C20H24N4OS/c1-20(13-25-14-20)12-23-9-5-15(6-10-23)19-22-18-16(26-19)7-11-24(18)17-4-2-3-8-21-17/h2-4,7-8,11,15H,5-6,9-10,12-14H2,1H3. The van der Waals surface area contributed by atoms with Gasteiger partial charge in [-0.3, -0.25) is 4.57 Å². The van der Waals surface area contributed by atoms with Gasteiger partial charge in [-0.1, -0.05) is 13.0 Å². The SMILES string of the molecule is CC1(CN2CCC(c3nc4c(ccn4-c4ccccn4)s3)CC2)COC1. The molecule has 2 aliphatic rings. The van der Waals surface area contributed by atoms with E-state index in [4.69, 9.17) is 9.72 Å². The third-order valence-electron chi connectivity index (χ3n) is 5.59. The third-order valence-corrected chi connectivity index (χ3v) is 6.77. The van der Waals surface area contributed by atoms with E-state index in [9.17, 15) is 0 Å². The van der Waals surface area contributed by atoms with Crippen molar-refractivity contribution in [1.82, 2.24) is 19.4 Å². The smallest absolute Gasteiger partial charge is 0.157 e. The Labute approximate surface area is 157 Å². The van der Waals surface area contributed by atoms with Gasteiger partial charge >= 0.3 is 0 Å². The van der Waals surface area contributed by atoms with Crippen LogP contribution < -0.4 is 0 Å². The molecule has 0 amide bonds. The molecule has 0 atom stereocenters. The number of pyridine rings is 1. The van der Waals surface area contributed by atoms with Crippen molar-refractivity contribution >= 4 is 21.7 Å². The molecule has 0 unspecified atom stereocenters. The number of hydrogen-bond acceptors (Lipinski definition) is 5. The van der Waals surface area contributed by atoms with Crippen molar-refractivity contribution in [2.24, 2.45) is 5.41 Å². The topological polar surface area (TPSA) is 43.2 Å². The Hall–Kier alpha value is -1.76. The van der Waals surface area contributed by atoms with Gasteiger partial charge in [0.15, 0.2) is 5.65 Å². The Bertz CT molecular complexity index is 891. The zero-order chi connectivity index (χ0) is 17.6. The zero-order valence-corrected chi connectivity index (χ0v) is 15.9. The first-order valence-electron chi connectivity index (χ1n) is 9.40. The highest BCUT2D eigenvalue weighted by molar-refractivity contribution is 7.18. The minimum atomic E-state index is 0.378. The van der Waals surface area contributed by atoms with Gasteiger partial charge in [-0.05, 0) is 44.1 Å². The maximum Gasteiger partial charge on any atom is 0.157 e. The summed E-state index contributed by atoms with van der Waals surface area (Å²) in [5.74, 6) is 1.52. The minimum Gasteiger partial charge on any atom is -0.380 e. The summed E-state index contributed by atoms with van der Waals surface area (Å²) in [6, 6.07) is 8.16. The van der Waals surface area contributed by atoms with Gasteiger partial charge in [0.25, 0.3) is 0 Å². The highest BCUT2D eigenvalue weighted by Gasteiger charge is 2.36. The first kappa shape index (κ1) is 16.4. The third kappa shape index (κ3) is 2.96. The molecule has 136 valence electrons. The zero-order valence-electron chi connectivity index (χ0n) is 15.1. The molecule has 2 saturated heterocycles. The number of thiazole rings is 1. The van der Waals surface area contributed by atoms with Crippen LogP contribution in [-0.2, 0) is 4.74 Å². The Balaban J connectivity index is 1.30. The number of fused-ring (bicyclic) bond motifs is 1. The van der Waals surface area contributed by atoms with E-state index in [-0.39, 0.29) is 0 Å². The van der Waals surface area contributed by atoms with Crippen molar-refractivity contribution in [2.75, 3.05) is 32.8 Å². The Morgan fingerprint density at radius 3 is 2.77 bits per heavy atom. The van der Waals surface area contributed by atoms with Crippen LogP contribution in [0.2, 0.25) is 0 Å². The summed E-state index contributed by atoms with van der Waals surface area (Å²) in [6.07, 6.45) is 6.31. The minimum absolute atomic E-state index is 0.378. The highest BCUT2D eigenvalue weighted by Crippen LogP contribution is 2.36. The Morgan fingerprint density at radius 2 is 2.08 bits per heavy atom. The number of nitrogens with zero attached hydrogens (tertiary/aromatic N) is 4. The fraction of sp³-hybridized carbons (Fsp3) is 0.500. The molecule has 0 aliphatic carbocycles. The number of hydrogen-bond donors (Lipinski definition) is 0. The number of likely N-dealkylation sites (tertiary alicyclic amines) is 1. The van der Waals surface area contributed by atoms with Crippen LogP contribution in [0.5, 0.6) is 0 Å². The van der Waals surface area contributed by atoms with Crippen LogP contribution in [0.4, 0.5) is 0 Å². The molecule has 2 fully saturated rings. The average molecular weight is 369 g/mol. The number of ether oxygens (including phenoxy) is 1. The van der Waals surface area contributed by atoms with Crippen LogP contribution in [-0.4, -0.2) is 52.3 Å². The van der Waals surface area contributed by atoms with Gasteiger partial charge < -0.3 is 9.64 Å². The van der Waals surface area contributed by atoms with Gasteiger partial charge in [-0.2, -0.15) is 0 Å². The number of aromatic nitrogens is 3. The van der Waals surface area contributed by atoms with Crippen molar-refractivity contribution in [3.05, 3.63) is 41.7 Å². The summed E-state index contributed by atoms with van der Waals surface area (Å²) < 4.78 is 8.76. The normalized spacial score (nSPS) is 21.1. The maximum absolute atomic E-state index is 5.40. The lowest BCUT2D eigenvalue weighted by atomic mass is 9.86. The van der Waals surface area contributed by atoms with Crippen LogP contribution in [0.15, 0.2) is 36.7 Å². The van der Waals surface area contributed by atoms with E-state index in [0.717, 1.165) is 24.7 Å². The molecule has 0 spiro atoms. The van der Waals surface area contributed by atoms with E-state index in [1.54, 1.807) is 0 Å². The van der Waals surface area contributed by atoms with Gasteiger partial charge in [-0.25, -0.2) is 9.97 Å². The number of piperidine rings is 1. The molecule has 26 heavy (non-hydrogen) atoms. The van der Waals surface area contributed by atoms with E-state index in [1.807, 2.05) is 35.7 Å². The molecular weight excluding hydrogens is 344 g/mol. The summed E-state index contributed by atoms with van der Waals surface area (Å²) in [6.45, 7) is 7.69. The quantitative estimate of drug-likeness (QED) is 0.704. The van der Waals surface area contributed by atoms with Crippen molar-refractivity contribution in [3.8, 4) is 5.82 Å². The van der Waals surface area contributed by atoms with Crippen molar-refractivity contribution in [3.63, 3.8) is 0 Å². The summed E-state index contributed by atoms with van der Waals surface area (Å²) in [7, 11) is 0. The van der Waals surface area contributed by atoms with Gasteiger partial charge in [0.2, 0.25) is 0 Å². The largest absolute Gasteiger partial charge is 0.380 e. The van der Waals surface area contributed by atoms with E-state index in [0.29, 0.717) is 11.3 Å². The molecule has 5 nitrogen and oxygen atoms in total.